The first kappa shape index (κ1) is 11.9. The Morgan fingerprint density at radius 2 is 1.57 bits per heavy atom. The summed E-state index contributed by atoms with van der Waals surface area (Å²) < 4.78 is 0. The van der Waals surface area contributed by atoms with E-state index in [1.165, 1.54) is 6.08 Å². The molecule has 0 saturated carbocycles. The number of hydrogen-bond donors (Lipinski definition) is 1. The fourth-order valence-corrected chi connectivity index (χ4v) is 2.96. The monoisotopic (exact) mass is 272 g/mol. The van der Waals surface area contributed by atoms with Crippen LogP contribution in [0.15, 0.2) is 60.7 Å². The Bertz CT molecular complexity index is 906. The van der Waals surface area contributed by atoms with Gasteiger partial charge in [0.25, 0.3) is 0 Å². The van der Waals surface area contributed by atoms with Crippen molar-refractivity contribution in [3.05, 3.63) is 71.8 Å². The number of carbonyl (C=O) groups is 1. The van der Waals surface area contributed by atoms with Gasteiger partial charge in [0, 0.05) is 16.5 Å². The highest BCUT2D eigenvalue weighted by atomic mass is 16.3. The van der Waals surface area contributed by atoms with Crippen LogP contribution < -0.4 is 0 Å². The first-order valence-electron chi connectivity index (χ1n) is 6.82. The molecule has 2 nitrogen and oxygen atoms in total. The molecule has 0 amide bonds. The molecule has 0 aromatic heterocycles. The molecule has 21 heavy (non-hydrogen) atoms. The van der Waals surface area contributed by atoms with Gasteiger partial charge in [-0.2, -0.15) is 0 Å². The maximum Gasteiger partial charge on any atom is 0.187 e. The van der Waals surface area contributed by atoms with E-state index in [2.05, 4.69) is 0 Å². The standard InChI is InChI=1S/C19H12O2/c20-16-10-7-13-6-8-14(12-4-2-1-3-5-12)19-17(21)11-9-15(16)18(13)19/h1-11,20H. The summed E-state index contributed by atoms with van der Waals surface area (Å²) in [6.45, 7) is 0. The third-order valence-electron chi connectivity index (χ3n) is 3.94. The fourth-order valence-electron chi connectivity index (χ4n) is 2.96. The van der Waals surface area contributed by atoms with E-state index < -0.39 is 0 Å². The zero-order chi connectivity index (χ0) is 14.4. The molecule has 0 fully saturated rings. The molecular weight excluding hydrogens is 260 g/mol. The average molecular weight is 272 g/mol. The lowest BCUT2D eigenvalue weighted by Gasteiger charge is -2.17. The minimum absolute atomic E-state index is 0.0162. The zero-order valence-corrected chi connectivity index (χ0v) is 11.2. The van der Waals surface area contributed by atoms with Crippen molar-refractivity contribution in [2.24, 2.45) is 0 Å². The average Bonchev–Trinajstić information content (AvgIpc) is 2.53. The highest BCUT2D eigenvalue weighted by molar-refractivity contribution is 6.23. The molecule has 0 atom stereocenters. The molecule has 0 heterocycles. The Morgan fingerprint density at radius 3 is 2.38 bits per heavy atom. The molecule has 1 aliphatic rings. The quantitative estimate of drug-likeness (QED) is 0.712. The molecule has 0 aliphatic heterocycles. The van der Waals surface area contributed by atoms with Gasteiger partial charge in [-0.05, 0) is 34.7 Å². The third kappa shape index (κ3) is 1.69. The second-order valence-corrected chi connectivity index (χ2v) is 5.15. The Morgan fingerprint density at radius 1 is 0.810 bits per heavy atom. The normalized spacial score (nSPS) is 12.9. The van der Waals surface area contributed by atoms with E-state index in [1.54, 1.807) is 12.1 Å². The Hall–Kier alpha value is -2.87. The van der Waals surface area contributed by atoms with Gasteiger partial charge in [0.05, 0.1) is 0 Å². The third-order valence-corrected chi connectivity index (χ3v) is 3.94. The van der Waals surface area contributed by atoms with Gasteiger partial charge in [-0.25, -0.2) is 0 Å². The first-order valence-corrected chi connectivity index (χ1v) is 6.82. The fraction of sp³-hybridized carbons (Fsp3) is 0. The van der Waals surface area contributed by atoms with E-state index in [0.29, 0.717) is 5.56 Å². The van der Waals surface area contributed by atoms with Gasteiger partial charge in [0.2, 0.25) is 0 Å². The lowest BCUT2D eigenvalue weighted by molar-refractivity contribution is 0.104. The molecule has 1 N–H and O–H groups in total. The highest BCUT2D eigenvalue weighted by Crippen LogP contribution is 2.39. The molecule has 0 spiro atoms. The maximum atomic E-state index is 12.4. The van der Waals surface area contributed by atoms with Crippen LogP contribution in [0, 0.1) is 0 Å². The maximum absolute atomic E-state index is 12.4. The number of phenols is 1. The van der Waals surface area contributed by atoms with E-state index >= 15 is 0 Å². The summed E-state index contributed by atoms with van der Waals surface area (Å²) in [6.07, 6.45) is 3.23. The van der Waals surface area contributed by atoms with Gasteiger partial charge in [0.15, 0.2) is 5.78 Å². The van der Waals surface area contributed by atoms with E-state index in [4.69, 9.17) is 0 Å². The molecule has 0 saturated heterocycles. The second-order valence-electron chi connectivity index (χ2n) is 5.15. The largest absolute Gasteiger partial charge is 0.507 e. The number of aromatic hydroxyl groups is 1. The van der Waals surface area contributed by atoms with E-state index in [1.807, 2.05) is 48.5 Å². The highest BCUT2D eigenvalue weighted by Gasteiger charge is 2.21. The van der Waals surface area contributed by atoms with Gasteiger partial charge in [-0.3, -0.25) is 4.79 Å². The Labute approximate surface area is 122 Å². The van der Waals surface area contributed by atoms with Gasteiger partial charge in [-0.15, -0.1) is 0 Å². The van der Waals surface area contributed by atoms with Crippen LogP contribution in [-0.4, -0.2) is 10.9 Å². The predicted octanol–water partition coefficient (Wildman–Crippen LogP) is 4.42. The van der Waals surface area contributed by atoms with Gasteiger partial charge in [0.1, 0.15) is 5.75 Å². The van der Waals surface area contributed by atoms with Crippen LogP contribution >= 0.6 is 0 Å². The molecule has 1 aliphatic carbocycles. The number of phenolic OH excluding ortho intramolecular Hbond substituents is 1. The Balaban J connectivity index is 2.16. The molecule has 100 valence electrons. The van der Waals surface area contributed by atoms with E-state index in [9.17, 15) is 9.90 Å². The van der Waals surface area contributed by atoms with Crippen LogP contribution in [0.3, 0.4) is 0 Å². The van der Waals surface area contributed by atoms with Gasteiger partial charge >= 0.3 is 0 Å². The summed E-state index contributed by atoms with van der Waals surface area (Å²) >= 11 is 0. The summed E-state index contributed by atoms with van der Waals surface area (Å²) in [5.41, 5.74) is 3.31. The summed E-state index contributed by atoms with van der Waals surface area (Å²) in [5.74, 6) is 0.190. The number of rotatable bonds is 1. The van der Waals surface area contributed by atoms with Crippen molar-refractivity contribution in [3.63, 3.8) is 0 Å². The molecule has 0 radical (unpaired) electrons. The summed E-state index contributed by atoms with van der Waals surface area (Å²) in [7, 11) is 0. The molecule has 2 heteroatoms. The summed E-state index contributed by atoms with van der Waals surface area (Å²) in [5, 5.41) is 11.9. The van der Waals surface area contributed by atoms with Crippen LogP contribution in [0.2, 0.25) is 0 Å². The van der Waals surface area contributed by atoms with E-state index in [-0.39, 0.29) is 11.5 Å². The SMILES string of the molecule is O=C1C=Cc2c(O)ccc3ccc(-c4ccccc4)c1c23. The van der Waals surface area contributed by atoms with Crippen molar-refractivity contribution >= 4 is 22.6 Å². The second kappa shape index (κ2) is 4.32. The van der Waals surface area contributed by atoms with Gasteiger partial charge < -0.3 is 5.11 Å². The van der Waals surface area contributed by atoms with Crippen LogP contribution in [0.5, 0.6) is 5.75 Å². The predicted molar refractivity (Wildman–Crippen MR) is 84.4 cm³/mol. The Kier molecular flexibility index (Phi) is 2.45. The van der Waals surface area contributed by atoms with Crippen molar-refractivity contribution in [1.29, 1.82) is 0 Å². The molecule has 3 aromatic rings. The number of carbonyl (C=O) groups excluding carboxylic acids is 1. The summed E-state index contributed by atoms with van der Waals surface area (Å²) in [4.78, 5) is 12.4. The molecule has 0 bridgehead atoms. The number of allylic oxidation sites excluding steroid dienone is 1. The summed E-state index contributed by atoms with van der Waals surface area (Å²) in [6, 6.07) is 17.3. The van der Waals surface area contributed by atoms with E-state index in [0.717, 1.165) is 27.5 Å². The smallest absolute Gasteiger partial charge is 0.187 e. The minimum atomic E-state index is -0.0162. The molecule has 0 unspecified atom stereocenters. The number of hydrogen-bond acceptors (Lipinski definition) is 2. The van der Waals surface area contributed by atoms with Crippen LogP contribution in [0.25, 0.3) is 28.0 Å². The number of benzene rings is 3. The minimum Gasteiger partial charge on any atom is -0.507 e. The molecule has 4 rings (SSSR count). The van der Waals surface area contributed by atoms with Crippen LogP contribution in [0.1, 0.15) is 15.9 Å². The van der Waals surface area contributed by atoms with Crippen molar-refractivity contribution in [1.82, 2.24) is 0 Å². The first-order chi connectivity index (χ1) is 10.3. The van der Waals surface area contributed by atoms with Crippen molar-refractivity contribution in [3.8, 4) is 16.9 Å². The lowest BCUT2D eigenvalue weighted by Crippen LogP contribution is -2.04. The van der Waals surface area contributed by atoms with Crippen molar-refractivity contribution in [2.45, 2.75) is 0 Å². The molecule has 3 aromatic carbocycles. The van der Waals surface area contributed by atoms with Gasteiger partial charge in [-0.1, -0.05) is 48.5 Å². The lowest BCUT2D eigenvalue weighted by atomic mass is 9.86. The van der Waals surface area contributed by atoms with Crippen LogP contribution in [-0.2, 0) is 0 Å². The van der Waals surface area contributed by atoms with Crippen molar-refractivity contribution < 1.29 is 9.90 Å². The van der Waals surface area contributed by atoms with Crippen molar-refractivity contribution in [2.75, 3.05) is 0 Å². The number of ketones is 1. The zero-order valence-electron chi connectivity index (χ0n) is 11.2. The molecular formula is C19H12O2. The topological polar surface area (TPSA) is 37.3 Å². The van der Waals surface area contributed by atoms with Crippen LogP contribution in [0.4, 0.5) is 0 Å².